The van der Waals surface area contributed by atoms with E-state index in [1.807, 2.05) is 28.9 Å². The number of ether oxygens (including phenoxy) is 1. The first-order valence-corrected chi connectivity index (χ1v) is 25.8. The first-order chi connectivity index (χ1) is 34.0. The summed E-state index contributed by atoms with van der Waals surface area (Å²) in [5.74, 6) is 7.48. The zero-order chi connectivity index (χ0) is 48.0. The van der Waals surface area contributed by atoms with Crippen molar-refractivity contribution in [3.63, 3.8) is 0 Å². The van der Waals surface area contributed by atoms with Crippen molar-refractivity contribution in [2.75, 3.05) is 49.5 Å². The van der Waals surface area contributed by atoms with Gasteiger partial charge in [0.25, 0.3) is 12.3 Å². The fourth-order valence-electron chi connectivity index (χ4n) is 11.3. The molecule has 2 N–H and O–H groups in total. The molecule has 2 unspecified atom stereocenters. The van der Waals surface area contributed by atoms with E-state index in [1.54, 1.807) is 10.9 Å². The third-order valence-corrected chi connectivity index (χ3v) is 16.2. The maximum absolute atomic E-state index is 15.8. The van der Waals surface area contributed by atoms with Crippen molar-refractivity contribution in [1.82, 2.24) is 44.4 Å². The van der Waals surface area contributed by atoms with E-state index in [1.165, 1.54) is 36.2 Å². The van der Waals surface area contributed by atoms with E-state index in [-0.39, 0.29) is 54.7 Å². The molecule has 3 aliphatic carbocycles. The van der Waals surface area contributed by atoms with Gasteiger partial charge in [0.15, 0.2) is 11.3 Å². The van der Waals surface area contributed by atoms with Crippen LogP contribution in [0.2, 0.25) is 0 Å². The molecule has 19 heteroatoms. The van der Waals surface area contributed by atoms with Crippen molar-refractivity contribution in [1.29, 1.82) is 0 Å². The minimum Gasteiger partial charge on any atom is -0.364 e. The van der Waals surface area contributed by atoms with Crippen molar-refractivity contribution < 1.29 is 32.3 Å². The maximum atomic E-state index is 15.8. The predicted octanol–water partition coefficient (Wildman–Crippen LogP) is 7.85. The van der Waals surface area contributed by atoms with Crippen molar-refractivity contribution in [3.8, 4) is 11.8 Å². The Labute approximate surface area is 410 Å². The summed E-state index contributed by atoms with van der Waals surface area (Å²) >= 11 is 4.68. The molecule has 11 rings (SSSR count). The summed E-state index contributed by atoms with van der Waals surface area (Å²) in [5, 5.41) is 18.9. The normalized spacial score (nSPS) is 26.1. The molecule has 4 atom stereocenters. The lowest BCUT2D eigenvalue weighted by molar-refractivity contribution is -0.134. The number of hydrogen-bond donors (Lipinski definition) is 3. The lowest BCUT2D eigenvalue weighted by Gasteiger charge is -2.32. The van der Waals surface area contributed by atoms with E-state index in [2.05, 4.69) is 55.1 Å². The van der Waals surface area contributed by atoms with Crippen LogP contribution in [0.25, 0.3) is 16.6 Å². The topological polar surface area (TPSA) is 157 Å². The highest BCUT2D eigenvalue weighted by Gasteiger charge is 2.37. The number of nitrogens with one attached hydrogen (secondary N) is 2. The van der Waals surface area contributed by atoms with Crippen LogP contribution in [-0.4, -0.2) is 114 Å². The van der Waals surface area contributed by atoms with Crippen LogP contribution in [0.5, 0.6) is 0 Å². The summed E-state index contributed by atoms with van der Waals surface area (Å²) in [6.07, 6.45) is 12.8. The van der Waals surface area contributed by atoms with Gasteiger partial charge in [0.1, 0.15) is 24.2 Å². The average molecular weight is 980 g/mol. The minimum atomic E-state index is -2.89. The van der Waals surface area contributed by atoms with Crippen molar-refractivity contribution in [2.45, 2.75) is 132 Å². The first-order valence-electron chi connectivity index (χ1n) is 25.3. The molecular weight excluding hydrogens is 920 g/mol. The Morgan fingerprint density at radius 2 is 1.70 bits per heavy atom. The molecule has 0 radical (unpaired) electrons. The van der Waals surface area contributed by atoms with E-state index in [0.717, 1.165) is 85.7 Å². The fraction of sp³-hybridized carbons (Fsp3) is 0.588. The number of para-hydroxylation sites is 1. The number of amides is 3. The highest BCUT2D eigenvalue weighted by atomic mass is 32.1. The quantitative estimate of drug-likeness (QED) is 0.0604. The first kappa shape index (κ1) is 46.9. The van der Waals surface area contributed by atoms with Crippen LogP contribution in [0.15, 0.2) is 42.9 Å². The fourth-order valence-corrected chi connectivity index (χ4v) is 11.6. The third kappa shape index (κ3) is 10.1. The predicted molar refractivity (Wildman–Crippen MR) is 260 cm³/mol. The summed E-state index contributed by atoms with van der Waals surface area (Å²) < 4.78 is 55.9. The van der Waals surface area contributed by atoms with Gasteiger partial charge >= 0.3 is 0 Å². The molecule has 7 heterocycles. The Hall–Kier alpha value is -5.45. The number of nitrogens with zero attached hydrogens (tertiary/aromatic N) is 9. The molecule has 0 spiro atoms. The zero-order valence-corrected chi connectivity index (χ0v) is 40.1. The Kier molecular flexibility index (Phi) is 13.4. The van der Waals surface area contributed by atoms with E-state index in [0.29, 0.717) is 56.0 Å². The third-order valence-electron chi connectivity index (χ3n) is 15.5. The molecule has 6 fully saturated rings. The molecule has 6 aliphatic rings. The number of imide groups is 1. The van der Waals surface area contributed by atoms with Crippen molar-refractivity contribution >= 4 is 58.4 Å². The van der Waals surface area contributed by atoms with Crippen LogP contribution in [0, 0.1) is 29.6 Å². The van der Waals surface area contributed by atoms with Gasteiger partial charge in [0.05, 0.1) is 58.0 Å². The number of halogens is 3. The number of thiol groups is 1. The number of likely N-dealkylation sites (tertiary alicyclic amines) is 1. The smallest absolute Gasteiger partial charge is 0.284 e. The molecule has 3 saturated carbocycles. The van der Waals surface area contributed by atoms with Gasteiger partial charge in [-0.25, -0.2) is 22.7 Å². The molecule has 3 saturated heterocycles. The second-order valence-corrected chi connectivity index (χ2v) is 21.1. The number of alkyl halides is 3. The number of fused-ring (bicyclic) bond motifs is 2. The molecule has 1 aromatic carbocycles. The largest absolute Gasteiger partial charge is 0.364 e. The van der Waals surface area contributed by atoms with Gasteiger partial charge in [-0.3, -0.25) is 29.1 Å². The van der Waals surface area contributed by atoms with Gasteiger partial charge in [-0.15, -0.1) is 0 Å². The Morgan fingerprint density at radius 3 is 2.46 bits per heavy atom. The molecule has 70 heavy (non-hydrogen) atoms. The summed E-state index contributed by atoms with van der Waals surface area (Å²) in [4.78, 5) is 47.6. The number of aromatic nitrogens is 7. The second kappa shape index (κ2) is 20.0. The molecule has 4 aromatic heterocycles. The van der Waals surface area contributed by atoms with Crippen LogP contribution >= 0.6 is 12.6 Å². The number of hydrogen-bond acceptors (Lipinski definition) is 11. The summed E-state index contributed by atoms with van der Waals surface area (Å²) in [6.45, 7) is 3.49. The van der Waals surface area contributed by atoms with E-state index in [4.69, 9.17) is 14.8 Å². The minimum absolute atomic E-state index is 0.0306. The summed E-state index contributed by atoms with van der Waals surface area (Å²) in [7, 11) is 0. The van der Waals surface area contributed by atoms with Crippen molar-refractivity contribution in [3.05, 3.63) is 65.4 Å². The Balaban J connectivity index is 0.678. The zero-order valence-electron chi connectivity index (χ0n) is 39.2. The van der Waals surface area contributed by atoms with Crippen LogP contribution in [-0.2, 0) is 14.3 Å². The van der Waals surface area contributed by atoms with Gasteiger partial charge in [0.2, 0.25) is 11.8 Å². The monoisotopic (exact) mass is 979 g/mol. The highest BCUT2D eigenvalue weighted by molar-refractivity contribution is 7.81. The molecule has 3 aliphatic heterocycles. The maximum Gasteiger partial charge on any atom is 0.284 e. The number of anilines is 2. The van der Waals surface area contributed by atoms with Gasteiger partial charge in [-0.1, -0.05) is 36.8 Å². The number of benzene rings is 1. The Morgan fingerprint density at radius 1 is 0.929 bits per heavy atom. The van der Waals surface area contributed by atoms with E-state index in [9.17, 15) is 23.2 Å². The molecule has 15 nitrogen and oxygen atoms in total. The number of carbonyl (C=O) groups excluding carboxylic acids is 3. The molecule has 370 valence electrons. The average Bonchev–Trinajstić information content (AvgIpc) is 4.26. The molecule has 0 bridgehead atoms. The molecule has 3 amide bonds. The Bertz CT molecular complexity index is 2820. The van der Waals surface area contributed by atoms with Crippen LogP contribution in [0.4, 0.5) is 24.7 Å². The van der Waals surface area contributed by atoms with Crippen molar-refractivity contribution in [2.24, 2.45) is 17.8 Å². The van der Waals surface area contributed by atoms with Crippen LogP contribution in [0.1, 0.15) is 142 Å². The standard InChI is InChI=1S/C51H60F3N11O4S/c52-39-28-61(20-18-41(47(39)70)69-24-2-4-33-3-1-5-36-44(37-14-15-43(66)58-50(37)67)60-65(46(33)36)35-12-13-35)27-32-8-10-34(11-9-32)64-29-40(45(59-64)48(53)54)56-51(68)38-26-55-63-23-19-42(57-49(38)63)62-21-16-31(17-22-62)25-30-6-7-30/h1,3,5,19,23,26,29-32,34-35,37,39,41,47-48,70H,6-18,20-22,24-25,27-28H2,(H,56,68)(H,58,66,67)/t32-,34-,37?,39-,41+,47?/m1/s1. The molecular formula is C51H60F3N11O4S. The SMILES string of the molecule is O=C1CCC(c2nn(C3CC3)c3c(C#CCO[C@H]4CCN(C[C@H]5CC[C@H](n6cc(NC(=O)c7cnn8ccc(N9CCC(CC%10CC%10)CC9)nc78)c(C(F)F)n6)CC5)C[C@@H](F)C4S)cccc23)C(=O)N1. The van der Waals surface area contributed by atoms with E-state index >= 15 is 4.39 Å². The van der Waals surface area contributed by atoms with Gasteiger partial charge in [0, 0.05) is 56.9 Å². The van der Waals surface area contributed by atoms with Gasteiger partial charge in [-0.05, 0) is 101 Å². The summed E-state index contributed by atoms with van der Waals surface area (Å²) in [5.41, 5.74) is 2.38. The number of carbonyl (C=O) groups is 3. The molecule has 5 aromatic rings. The van der Waals surface area contributed by atoms with Crippen LogP contribution in [0.3, 0.4) is 0 Å². The van der Waals surface area contributed by atoms with E-state index < -0.39 is 41.5 Å². The van der Waals surface area contributed by atoms with Crippen LogP contribution < -0.4 is 15.5 Å². The highest BCUT2D eigenvalue weighted by Crippen LogP contribution is 2.42. The lowest BCUT2D eigenvalue weighted by atomic mass is 9.85. The number of piperidine rings is 2. The van der Waals surface area contributed by atoms with Gasteiger partial charge in [-0.2, -0.15) is 27.9 Å². The number of rotatable bonds is 13. The summed E-state index contributed by atoms with van der Waals surface area (Å²) in [6, 6.07) is 7.81. The second-order valence-electron chi connectivity index (χ2n) is 20.5. The lowest BCUT2D eigenvalue weighted by Crippen LogP contribution is -2.39. The van der Waals surface area contributed by atoms with Gasteiger partial charge < -0.3 is 19.9 Å².